The number of anilines is 2. The second-order valence-corrected chi connectivity index (χ2v) is 4.60. The summed E-state index contributed by atoms with van der Waals surface area (Å²) in [4.78, 5) is 16.6. The highest BCUT2D eigenvalue weighted by Gasteiger charge is 2.12. The van der Waals surface area contributed by atoms with Crippen LogP contribution in [0.1, 0.15) is 28.7 Å². The molecule has 0 aliphatic carbocycles. The number of pyridine rings is 1. The van der Waals surface area contributed by atoms with Crippen LogP contribution < -0.4 is 10.6 Å². The predicted molar refractivity (Wildman–Crippen MR) is 79.1 cm³/mol. The summed E-state index contributed by atoms with van der Waals surface area (Å²) in [6.45, 7) is 3.87. The van der Waals surface area contributed by atoms with Gasteiger partial charge in [-0.1, -0.05) is 6.92 Å². The van der Waals surface area contributed by atoms with Crippen molar-refractivity contribution in [3.8, 4) is 0 Å². The van der Waals surface area contributed by atoms with Crippen molar-refractivity contribution in [1.82, 2.24) is 14.8 Å². The van der Waals surface area contributed by atoms with Crippen LogP contribution in [0.3, 0.4) is 0 Å². The summed E-state index contributed by atoms with van der Waals surface area (Å²) in [5.41, 5.74) is 3.00. The standard InChI is InChI=1S/C14H19N5O/c1-5-11-12(8-19(4)18-11)17-14(20)10-6-9(2)16-13(7-10)15-3/h6-8H,5H2,1-4H3,(H,15,16)(H,17,20). The number of aryl methyl sites for hydroxylation is 3. The molecule has 6 nitrogen and oxygen atoms in total. The molecular formula is C14H19N5O. The first-order valence-electron chi connectivity index (χ1n) is 6.53. The molecular weight excluding hydrogens is 254 g/mol. The summed E-state index contributed by atoms with van der Waals surface area (Å²) in [6, 6.07) is 3.49. The van der Waals surface area contributed by atoms with Gasteiger partial charge in [0.15, 0.2) is 0 Å². The van der Waals surface area contributed by atoms with E-state index in [9.17, 15) is 4.79 Å². The van der Waals surface area contributed by atoms with Crippen LogP contribution >= 0.6 is 0 Å². The molecule has 0 fully saturated rings. The van der Waals surface area contributed by atoms with Crippen molar-refractivity contribution in [3.05, 3.63) is 35.3 Å². The van der Waals surface area contributed by atoms with Gasteiger partial charge in [0.2, 0.25) is 0 Å². The van der Waals surface area contributed by atoms with Crippen LogP contribution in [0.5, 0.6) is 0 Å². The molecule has 0 aliphatic heterocycles. The Kier molecular flexibility index (Phi) is 4.02. The molecule has 20 heavy (non-hydrogen) atoms. The Morgan fingerprint density at radius 2 is 2.15 bits per heavy atom. The molecule has 2 heterocycles. The van der Waals surface area contributed by atoms with Gasteiger partial charge in [-0.15, -0.1) is 0 Å². The van der Waals surface area contributed by atoms with Gasteiger partial charge in [0.05, 0.1) is 11.4 Å². The van der Waals surface area contributed by atoms with Gasteiger partial charge in [0.1, 0.15) is 5.82 Å². The molecule has 6 heteroatoms. The Hall–Kier alpha value is -2.37. The van der Waals surface area contributed by atoms with E-state index in [0.717, 1.165) is 23.5 Å². The molecule has 0 atom stereocenters. The normalized spacial score (nSPS) is 10.4. The zero-order chi connectivity index (χ0) is 14.7. The first kappa shape index (κ1) is 14.0. The van der Waals surface area contributed by atoms with Crippen LogP contribution in [-0.4, -0.2) is 27.7 Å². The number of carbonyl (C=O) groups excluding carboxylic acids is 1. The molecule has 0 aromatic carbocycles. The minimum atomic E-state index is -0.158. The molecule has 2 rings (SSSR count). The Labute approximate surface area is 118 Å². The summed E-state index contributed by atoms with van der Waals surface area (Å²) < 4.78 is 1.70. The van der Waals surface area contributed by atoms with Crippen LogP contribution in [-0.2, 0) is 13.5 Å². The molecule has 0 spiro atoms. The largest absolute Gasteiger partial charge is 0.373 e. The summed E-state index contributed by atoms with van der Waals surface area (Å²) in [6.07, 6.45) is 2.58. The van der Waals surface area contributed by atoms with Gasteiger partial charge in [-0.05, 0) is 25.5 Å². The molecule has 0 saturated carbocycles. The van der Waals surface area contributed by atoms with Gasteiger partial charge >= 0.3 is 0 Å². The lowest BCUT2D eigenvalue weighted by Crippen LogP contribution is -2.13. The van der Waals surface area contributed by atoms with E-state index in [1.165, 1.54) is 0 Å². The van der Waals surface area contributed by atoms with E-state index in [2.05, 4.69) is 20.7 Å². The van der Waals surface area contributed by atoms with Gasteiger partial charge in [0.25, 0.3) is 5.91 Å². The summed E-state index contributed by atoms with van der Waals surface area (Å²) in [5, 5.41) is 10.1. The highest BCUT2D eigenvalue weighted by molar-refractivity contribution is 6.05. The number of hydrogen-bond acceptors (Lipinski definition) is 4. The number of carbonyl (C=O) groups is 1. The second-order valence-electron chi connectivity index (χ2n) is 4.60. The van der Waals surface area contributed by atoms with Crippen molar-refractivity contribution in [1.29, 1.82) is 0 Å². The Balaban J connectivity index is 2.25. The predicted octanol–water partition coefficient (Wildman–Crippen LogP) is 1.98. The van der Waals surface area contributed by atoms with Crippen molar-refractivity contribution in [2.24, 2.45) is 7.05 Å². The van der Waals surface area contributed by atoms with Crippen molar-refractivity contribution in [2.75, 3.05) is 17.7 Å². The smallest absolute Gasteiger partial charge is 0.255 e. The minimum Gasteiger partial charge on any atom is -0.373 e. The summed E-state index contributed by atoms with van der Waals surface area (Å²) in [5.74, 6) is 0.520. The number of rotatable bonds is 4. The van der Waals surface area contributed by atoms with E-state index in [1.807, 2.05) is 27.1 Å². The Morgan fingerprint density at radius 3 is 2.80 bits per heavy atom. The maximum absolute atomic E-state index is 12.3. The van der Waals surface area contributed by atoms with Gasteiger partial charge < -0.3 is 10.6 Å². The van der Waals surface area contributed by atoms with Crippen LogP contribution in [0.4, 0.5) is 11.5 Å². The van der Waals surface area contributed by atoms with Crippen molar-refractivity contribution in [2.45, 2.75) is 20.3 Å². The quantitative estimate of drug-likeness (QED) is 0.893. The lowest BCUT2D eigenvalue weighted by atomic mass is 10.2. The summed E-state index contributed by atoms with van der Waals surface area (Å²) >= 11 is 0. The number of hydrogen-bond donors (Lipinski definition) is 2. The Morgan fingerprint density at radius 1 is 1.40 bits per heavy atom. The zero-order valence-corrected chi connectivity index (χ0v) is 12.2. The van der Waals surface area contributed by atoms with E-state index >= 15 is 0 Å². The van der Waals surface area contributed by atoms with Gasteiger partial charge in [0, 0.05) is 31.5 Å². The number of amides is 1. The first-order valence-corrected chi connectivity index (χ1v) is 6.53. The fourth-order valence-corrected chi connectivity index (χ4v) is 2.02. The lowest BCUT2D eigenvalue weighted by Gasteiger charge is -2.07. The molecule has 2 N–H and O–H groups in total. The van der Waals surface area contributed by atoms with Crippen molar-refractivity contribution >= 4 is 17.4 Å². The number of nitrogens with one attached hydrogen (secondary N) is 2. The molecule has 2 aromatic heterocycles. The number of nitrogens with zero attached hydrogens (tertiary/aromatic N) is 3. The molecule has 0 aliphatic rings. The van der Waals surface area contributed by atoms with E-state index in [-0.39, 0.29) is 5.91 Å². The average Bonchev–Trinajstić information content (AvgIpc) is 2.77. The van der Waals surface area contributed by atoms with E-state index in [1.54, 1.807) is 23.9 Å². The third kappa shape index (κ3) is 2.96. The minimum absolute atomic E-state index is 0.158. The fourth-order valence-electron chi connectivity index (χ4n) is 2.02. The van der Waals surface area contributed by atoms with Gasteiger partial charge in [-0.25, -0.2) is 4.98 Å². The molecule has 0 saturated heterocycles. The molecule has 0 radical (unpaired) electrons. The molecule has 0 bridgehead atoms. The van der Waals surface area contributed by atoms with E-state index < -0.39 is 0 Å². The average molecular weight is 273 g/mol. The highest BCUT2D eigenvalue weighted by atomic mass is 16.1. The molecule has 1 amide bonds. The van der Waals surface area contributed by atoms with Crippen LogP contribution in [0.2, 0.25) is 0 Å². The second kappa shape index (κ2) is 5.73. The zero-order valence-electron chi connectivity index (χ0n) is 12.2. The topological polar surface area (TPSA) is 71.8 Å². The van der Waals surface area contributed by atoms with Crippen molar-refractivity contribution < 1.29 is 4.79 Å². The van der Waals surface area contributed by atoms with Gasteiger partial charge in [-0.3, -0.25) is 9.48 Å². The van der Waals surface area contributed by atoms with Crippen LogP contribution in [0.25, 0.3) is 0 Å². The van der Waals surface area contributed by atoms with E-state index in [0.29, 0.717) is 11.4 Å². The summed E-state index contributed by atoms with van der Waals surface area (Å²) in [7, 11) is 3.62. The SMILES string of the molecule is CCc1nn(C)cc1NC(=O)c1cc(C)nc(NC)c1. The Bertz CT molecular complexity index is 632. The maximum Gasteiger partial charge on any atom is 0.255 e. The molecule has 2 aromatic rings. The van der Waals surface area contributed by atoms with Crippen LogP contribution in [0, 0.1) is 6.92 Å². The fraction of sp³-hybridized carbons (Fsp3) is 0.357. The van der Waals surface area contributed by atoms with Crippen molar-refractivity contribution in [3.63, 3.8) is 0 Å². The first-order chi connectivity index (χ1) is 9.53. The molecule has 106 valence electrons. The molecule has 0 unspecified atom stereocenters. The van der Waals surface area contributed by atoms with Gasteiger partial charge in [-0.2, -0.15) is 5.10 Å². The number of aromatic nitrogens is 3. The third-order valence-corrected chi connectivity index (χ3v) is 2.96. The third-order valence-electron chi connectivity index (χ3n) is 2.96. The maximum atomic E-state index is 12.3. The van der Waals surface area contributed by atoms with Crippen LogP contribution in [0.15, 0.2) is 18.3 Å². The highest BCUT2D eigenvalue weighted by Crippen LogP contribution is 2.16. The van der Waals surface area contributed by atoms with E-state index in [4.69, 9.17) is 0 Å². The monoisotopic (exact) mass is 273 g/mol. The lowest BCUT2D eigenvalue weighted by molar-refractivity contribution is 0.102.